The third-order valence-corrected chi connectivity index (χ3v) is 5.79. The molecule has 3 aromatic heterocycles. The number of aryl methyl sites for hydroxylation is 1. The van der Waals surface area contributed by atoms with E-state index in [1.165, 1.54) is 6.42 Å². The highest BCUT2D eigenvalue weighted by atomic mass is 16.2. The number of hydrogen-bond acceptors (Lipinski definition) is 4. The Morgan fingerprint density at radius 3 is 2.63 bits per heavy atom. The van der Waals surface area contributed by atoms with Crippen LogP contribution in [0.25, 0.3) is 16.7 Å². The van der Waals surface area contributed by atoms with E-state index in [1.54, 1.807) is 16.7 Å². The first-order valence-electron chi connectivity index (χ1n) is 10.7. The van der Waals surface area contributed by atoms with Crippen molar-refractivity contribution in [1.82, 2.24) is 14.7 Å². The number of nitrogens with two attached hydrogens (primary N) is 1. The number of nitrogen functional groups attached to an aromatic ring is 1. The second-order valence-corrected chi connectivity index (χ2v) is 9.35. The van der Waals surface area contributed by atoms with E-state index < -0.39 is 5.54 Å². The molecule has 0 aliphatic heterocycles. The number of rotatable bonds is 2. The van der Waals surface area contributed by atoms with Crippen LogP contribution in [0.4, 0.5) is 5.82 Å². The van der Waals surface area contributed by atoms with Gasteiger partial charge in [0.2, 0.25) is 11.5 Å². The van der Waals surface area contributed by atoms with E-state index in [9.17, 15) is 9.59 Å². The molecule has 0 unspecified atom stereocenters. The molecule has 158 valence electrons. The Bertz CT molecular complexity index is 1200. The van der Waals surface area contributed by atoms with Gasteiger partial charge in [0.25, 0.3) is 17.1 Å². The average molecular weight is 409 g/mol. The summed E-state index contributed by atoms with van der Waals surface area (Å²) in [7, 11) is 0. The summed E-state index contributed by atoms with van der Waals surface area (Å²) < 4.78 is 3.49. The Labute approximate surface area is 175 Å². The first-order valence-corrected chi connectivity index (χ1v) is 10.7. The topological polar surface area (TPSA) is 93.4 Å². The molecule has 1 aliphatic carbocycles. The molecule has 3 aromatic rings. The maximum atomic E-state index is 13.4. The van der Waals surface area contributed by atoms with Crippen LogP contribution in [0.3, 0.4) is 0 Å². The molecule has 0 radical (unpaired) electrons. The van der Waals surface area contributed by atoms with E-state index in [1.807, 2.05) is 44.4 Å². The van der Waals surface area contributed by atoms with Crippen LogP contribution in [0, 0.1) is 6.92 Å². The van der Waals surface area contributed by atoms with Crippen molar-refractivity contribution in [1.29, 1.82) is 0 Å². The van der Waals surface area contributed by atoms with Crippen LogP contribution in [0.1, 0.15) is 74.8 Å². The summed E-state index contributed by atoms with van der Waals surface area (Å²) in [6.45, 7) is 7.70. The number of carbonyl (C=O) groups excluding carboxylic acids is 1. The normalized spacial score (nSPS) is 15.6. The number of fused-ring (bicyclic) bond motifs is 2. The summed E-state index contributed by atoms with van der Waals surface area (Å²) in [5.41, 5.74) is 8.41. The molecule has 1 aliphatic rings. The standard InChI is InChI=1S/C23H29N5O2/c1-14-9-8-12-27-19(14)25-20-17(22(27)30)13-16(21(29)26-23(2,3)4)18(24)28(20)15-10-6-5-7-11-15/h8-9,12-13,15,24H,5-7,10-11H2,1-4H3,(H,26,29)/p+1. The van der Waals surface area contributed by atoms with Crippen LogP contribution < -0.4 is 21.2 Å². The first-order chi connectivity index (χ1) is 14.2. The van der Waals surface area contributed by atoms with Crippen molar-refractivity contribution in [3.8, 4) is 0 Å². The van der Waals surface area contributed by atoms with Gasteiger partial charge in [0.05, 0.1) is 6.04 Å². The van der Waals surface area contributed by atoms with Gasteiger partial charge in [-0.05, 0) is 65.5 Å². The molecular weight excluding hydrogens is 378 g/mol. The summed E-state index contributed by atoms with van der Waals surface area (Å²) in [5, 5.41) is 3.39. The van der Waals surface area contributed by atoms with Crippen LogP contribution in [-0.4, -0.2) is 20.8 Å². The highest BCUT2D eigenvalue weighted by Crippen LogP contribution is 2.27. The number of hydrogen-bond donors (Lipinski definition) is 2. The van der Waals surface area contributed by atoms with Gasteiger partial charge in [-0.1, -0.05) is 17.5 Å². The largest absolute Gasteiger partial charge is 0.347 e. The fourth-order valence-corrected chi connectivity index (χ4v) is 4.37. The van der Waals surface area contributed by atoms with Crippen molar-refractivity contribution in [2.45, 2.75) is 71.4 Å². The summed E-state index contributed by atoms with van der Waals surface area (Å²) in [6, 6.07) is 5.50. The Balaban J connectivity index is 2.06. The van der Waals surface area contributed by atoms with E-state index in [4.69, 9.17) is 10.7 Å². The maximum absolute atomic E-state index is 13.4. The Morgan fingerprint density at radius 1 is 1.27 bits per heavy atom. The Hall–Kier alpha value is -2.96. The summed E-state index contributed by atoms with van der Waals surface area (Å²) in [4.78, 5) is 31.3. The van der Waals surface area contributed by atoms with Crippen LogP contribution in [0.15, 0.2) is 29.2 Å². The Kier molecular flexibility index (Phi) is 5.00. The molecule has 0 atom stereocenters. The quantitative estimate of drug-likeness (QED) is 0.503. The number of amides is 1. The highest BCUT2D eigenvalue weighted by Gasteiger charge is 2.31. The van der Waals surface area contributed by atoms with E-state index in [0.29, 0.717) is 28.1 Å². The summed E-state index contributed by atoms with van der Waals surface area (Å²) >= 11 is 0. The molecule has 7 heteroatoms. The van der Waals surface area contributed by atoms with Gasteiger partial charge in [-0.25, -0.2) is 4.57 Å². The lowest BCUT2D eigenvalue weighted by molar-refractivity contribution is -0.689. The summed E-state index contributed by atoms with van der Waals surface area (Å²) in [5.74, 6) is 0.0983. The minimum atomic E-state index is -0.415. The molecule has 0 saturated heterocycles. The molecule has 1 saturated carbocycles. The zero-order valence-corrected chi connectivity index (χ0v) is 18.2. The number of aromatic nitrogens is 3. The fourth-order valence-electron chi connectivity index (χ4n) is 4.37. The molecule has 0 aromatic carbocycles. The Morgan fingerprint density at radius 2 is 1.97 bits per heavy atom. The van der Waals surface area contributed by atoms with Crippen molar-refractivity contribution in [3.63, 3.8) is 0 Å². The third kappa shape index (κ3) is 3.53. The smallest absolute Gasteiger partial charge is 0.278 e. The van der Waals surface area contributed by atoms with Crippen molar-refractivity contribution in [3.05, 3.63) is 45.9 Å². The average Bonchev–Trinajstić information content (AvgIpc) is 2.68. The van der Waals surface area contributed by atoms with Gasteiger partial charge in [0, 0.05) is 17.3 Å². The predicted octanol–water partition coefficient (Wildman–Crippen LogP) is 3.06. The zero-order valence-electron chi connectivity index (χ0n) is 18.2. The van der Waals surface area contributed by atoms with Crippen molar-refractivity contribution in [2.75, 3.05) is 5.73 Å². The molecule has 0 bridgehead atoms. The molecule has 7 nitrogen and oxygen atoms in total. The number of nitrogens with one attached hydrogen (secondary N) is 1. The molecule has 1 amide bonds. The molecule has 3 heterocycles. The molecule has 0 spiro atoms. The van der Waals surface area contributed by atoms with Crippen LogP contribution >= 0.6 is 0 Å². The predicted molar refractivity (Wildman–Crippen MR) is 118 cm³/mol. The van der Waals surface area contributed by atoms with E-state index in [0.717, 1.165) is 31.2 Å². The first kappa shape index (κ1) is 20.3. The van der Waals surface area contributed by atoms with Gasteiger partial charge >= 0.3 is 0 Å². The highest BCUT2D eigenvalue weighted by molar-refractivity contribution is 6.00. The SMILES string of the molecule is Cc1cccn2c(=O)c3cc(C(=O)NC(C)(C)C)c(N)[n+](C4CCCCC4)c3nc12. The molecule has 1 fully saturated rings. The van der Waals surface area contributed by atoms with Gasteiger partial charge in [0.1, 0.15) is 10.9 Å². The lowest BCUT2D eigenvalue weighted by atomic mass is 9.94. The molecule has 4 rings (SSSR count). The minimum absolute atomic E-state index is 0.127. The van der Waals surface area contributed by atoms with Crippen molar-refractivity contribution < 1.29 is 9.36 Å². The van der Waals surface area contributed by atoms with Gasteiger partial charge in [-0.3, -0.25) is 14.0 Å². The van der Waals surface area contributed by atoms with E-state index in [-0.39, 0.29) is 17.5 Å². The zero-order chi connectivity index (χ0) is 21.6. The van der Waals surface area contributed by atoms with Crippen molar-refractivity contribution >= 4 is 28.4 Å². The van der Waals surface area contributed by atoms with Gasteiger partial charge in [-0.2, -0.15) is 0 Å². The van der Waals surface area contributed by atoms with Crippen LogP contribution in [0.2, 0.25) is 0 Å². The van der Waals surface area contributed by atoms with E-state index in [2.05, 4.69) is 5.32 Å². The van der Waals surface area contributed by atoms with Crippen LogP contribution in [-0.2, 0) is 0 Å². The van der Waals surface area contributed by atoms with Gasteiger partial charge in [-0.15, -0.1) is 0 Å². The maximum Gasteiger partial charge on any atom is 0.278 e. The third-order valence-electron chi connectivity index (χ3n) is 5.79. The number of pyridine rings is 2. The van der Waals surface area contributed by atoms with Crippen molar-refractivity contribution in [2.24, 2.45) is 0 Å². The minimum Gasteiger partial charge on any atom is -0.347 e. The molecular formula is C23H30N5O2+. The number of nitrogens with zero attached hydrogens (tertiary/aromatic N) is 3. The molecule has 30 heavy (non-hydrogen) atoms. The lowest BCUT2D eigenvalue weighted by Gasteiger charge is -2.25. The lowest BCUT2D eigenvalue weighted by Crippen LogP contribution is -2.48. The fraction of sp³-hybridized carbons (Fsp3) is 0.478. The second-order valence-electron chi connectivity index (χ2n) is 9.35. The summed E-state index contributed by atoms with van der Waals surface area (Å²) in [6.07, 6.45) is 7.03. The van der Waals surface area contributed by atoms with Crippen LogP contribution in [0.5, 0.6) is 0 Å². The van der Waals surface area contributed by atoms with E-state index >= 15 is 0 Å². The second kappa shape index (κ2) is 7.38. The number of carbonyl (C=O) groups is 1. The van der Waals surface area contributed by atoms with Gasteiger partial charge < -0.3 is 11.1 Å². The molecule has 3 N–H and O–H groups in total. The number of anilines is 1. The monoisotopic (exact) mass is 408 g/mol. The van der Waals surface area contributed by atoms with Gasteiger partial charge in [0.15, 0.2) is 0 Å².